The lowest BCUT2D eigenvalue weighted by atomic mass is 9.74. The van der Waals surface area contributed by atoms with E-state index in [1.54, 1.807) is 11.8 Å². The van der Waals surface area contributed by atoms with Crippen LogP contribution >= 0.6 is 23.4 Å². The number of amides is 1. The number of nitrogens with zero attached hydrogens (tertiary/aromatic N) is 1. The fourth-order valence-electron chi connectivity index (χ4n) is 3.30. The third-order valence-corrected chi connectivity index (χ3v) is 6.22. The Hall–Kier alpha value is -2.04. The molecule has 4 rings (SSSR count). The number of allylic oxidation sites excluding steroid dienone is 2. The van der Waals surface area contributed by atoms with E-state index < -0.39 is 0 Å². The van der Waals surface area contributed by atoms with Gasteiger partial charge in [-0.3, -0.25) is 4.79 Å². The molecular formula is C21H19ClN2OS. The van der Waals surface area contributed by atoms with Crippen LogP contribution < -0.4 is 5.43 Å². The van der Waals surface area contributed by atoms with Gasteiger partial charge in [-0.05, 0) is 60.7 Å². The molecule has 0 saturated heterocycles. The molecule has 2 atom stereocenters. The molecule has 0 aromatic heterocycles. The fraction of sp³-hybridized carbons (Fsp3) is 0.238. The Kier molecular flexibility index (Phi) is 5.14. The summed E-state index contributed by atoms with van der Waals surface area (Å²) in [6, 6.07) is 15.5. The quantitative estimate of drug-likeness (QED) is 0.432. The molecule has 2 aromatic rings. The van der Waals surface area contributed by atoms with E-state index in [-0.39, 0.29) is 5.91 Å². The fourth-order valence-corrected chi connectivity index (χ4v) is 4.28. The number of carbonyl (C=O) groups is 1. The highest BCUT2D eigenvalue weighted by Gasteiger charge is 2.37. The zero-order valence-corrected chi connectivity index (χ0v) is 15.8. The van der Waals surface area contributed by atoms with E-state index in [0.717, 1.165) is 29.3 Å². The molecule has 0 aliphatic heterocycles. The van der Waals surface area contributed by atoms with Gasteiger partial charge in [0.2, 0.25) is 0 Å². The zero-order valence-electron chi connectivity index (χ0n) is 14.2. The highest BCUT2D eigenvalue weighted by atomic mass is 35.5. The lowest BCUT2D eigenvalue weighted by molar-refractivity contribution is 0.0954. The van der Waals surface area contributed by atoms with Crippen LogP contribution in [-0.4, -0.2) is 11.6 Å². The Bertz CT molecular complexity index is 859. The first kappa shape index (κ1) is 17.4. The first-order valence-electron chi connectivity index (χ1n) is 8.70. The van der Waals surface area contributed by atoms with Crippen LogP contribution in [0, 0.1) is 11.8 Å². The van der Waals surface area contributed by atoms with Crippen LogP contribution in [0.3, 0.4) is 0 Å². The van der Waals surface area contributed by atoms with E-state index in [0.29, 0.717) is 17.4 Å². The molecule has 0 spiro atoms. The molecule has 0 radical (unpaired) electrons. The molecule has 2 aromatic carbocycles. The minimum Gasteiger partial charge on any atom is -0.267 e. The van der Waals surface area contributed by atoms with Crippen molar-refractivity contribution in [3.8, 4) is 0 Å². The average molecular weight is 383 g/mol. The van der Waals surface area contributed by atoms with Crippen LogP contribution in [0.25, 0.3) is 0 Å². The van der Waals surface area contributed by atoms with E-state index in [9.17, 15) is 4.79 Å². The number of thioether (sulfide) groups is 1. The number of benzene rings is 2. The smallest absolute Gasteiger partial charge is 0.267 e. The second kappa shape index (κ2) is 7.68. The Morgan fingerprint density at radius 2 is 1.92 bits per heavy atom. The van der Waals surface area contributed by atoms with Gasteiger partial charge in [-0.2, -0.15) is 5.10 Å². The molecule has 26 heavy (non-hydrogen) atoms. The molecule has 1 fully saturated rings. The van der Waals surface area contributed by atoms with Crippen LogP contribution in [0.1, 0.15) is 28.8 Å². The molecule has 1 amide bonds. The molecule has 132 valence electrons. The SMILES string of the molecule is O=C(N/N=C1\CC2CC=CC12)c1ccc(CSc2ccc(Cl)cc2)cc1. The molecule has 2 aliphatic rings. The van der Waals surface area contributed by atoms with E-state index in [2.05, 4.69) is 22.7 Å². The Labute approximate surface area is 162 Å². The first-order chi connectivity index (χ1) is 12.7. The summed E-state index contributed by atoms with van der Waals surface area (Å²) in [5.41, 5.74) is 5.59. The summed E-state index contributed by atoms with van der Waals surface area (Å²) in [4.78, 5) is 13.4. The Morgan fingerprint density at radius 3 is 2.65 bits per heavy atom. The summed E-state index contributed by atoms with van der Waals surface area (Å²) < 4.78 is 0. The number of rotatable bonds is 5. The molecule has 1 saturated carbocycles. The van der Waals surface area contributed by atoms with Crippen LogP contribution in [0.15, 0.2) is 70.7 Å². The van der Waals surface area contributed by atoms with Crippen molar-refractivity contribution in [2.45, 2.75) is 23.5 Å². The maximum atomic E-state index is 12.2. The number of nitrogens with one attached hydrogen (secondary N) is 1. The second-order valence-electron chi connectivity index (χ2n) is 6.64. The van der Waals surface area contributed by atoms with Crippen molar-refractivity contribution in [2.24, 2.45) is 16.9 Å². The van der Waals surface area contributed by atoms with Gasteiger partial charge in [0.1, 0.15) is 0 Å². The topological polar surface area (TPSA) is 41.5 Å². The highest BCUT2D eigenvalue weighted by molar-refractivity contribution is 7.98. The van der Waals surface area contributed by atoms with Crippen molar-refractivity contribution in [3.05, 3.63) is 76.8 Å². The molecule has 0 bridgehead atoms. The number of carbonyl (C=O) groups excluding carboxylic acids is 1. The standard InChI is InChI=1S/C21H19ClN2OS/c22-17-8-10-18(11-9-17)26-13-14-4-6-15(7-5-14)21(25)24-23-20-12-16-2-1-3-19(16)20/h1,3-11,16,19H,2,12-13H2,(H,24,25)/b23-20+. The largest absolute Gasteiger partial charge is 0.271 e. The van der Waals surface area contributed by atoms with Crippen molar-refractivity contribution in [1.82, 2.24) is 5.43 Å². The van der Waals surface area contributed by atoms with Crippen molar-refractivity contribution in [1.29, 1.82) is 0 Å². The summed E-state index contributed by atoms with van der Waals surface area (Å²) >= 11 is 7.64. The van der Waals surface area contributed by atoms with Gasteiger partial charge in [0.25, 0.3) is 5.91 Å². The predicted octanol–water partition coefficient (Wildman–Crippen LogP) is 5.31. The van der Waals surface area contributed by atoms with Gasteiger partial charge in [0, 0.05) is 32.9 Å². The molecule has 5 heteroatoms. The van der Waals surface area contributed by atoms with E-state index in [4.69, 9.17) is 11.6 Å². The minimum absolute atomic E-state index is 0.153. The number of halogens is 1. The van der Waals surface area contributed by atoms with Crippen molar-refractivity contribution >= 4 is 35.0 Å². The summed E-state index contributed by atoms with van der Waals surface area (Å²) in [5.74, 6) is 1.85. The van der Waals surface area contributed by atoms with Gasteiger partial charge >= 0.3 is 0 Å². The third-order valence-electron chi connectivity index (χ3n) is 4.88. The lowest BCUT2D eigenvalue weighted by Gasteiger charge is -2.31. The maximum Gasteiger partial charge on any atom is 0.271 e. The molecular weight excluding hydrogens is 364 g/mol. The second-order valence-corrected chi connectivity index (χ2v) is 8.12. The third kappa shape index (κ3) is 3.87. The average Bonchev–Trinajstić information content (AvgIpc) is 3.02. The van der Waals surface area contributed by atoms with Crippen molar-refractivity contribution < 1.29 is 4.79 Å². The van der Waals surface area contributed by atoms with E-state index in [1.165, 1.54) is 10.5 Å². The Morgan fingerprint density at radius 1 is 1.15 bits per heavy atom. The monoisotopic (exact) mass is 382 g/mol. The van der Waals surface area contributed by atoms with Gasteiger partial charge in [-0.25, -0.2) is 5.43 Å². The van der Waals surface area contributed by atoms with Gasteiger partial charge in [0.15, 0.2) is 0 Å². The molecule has 2 aliphatic carbocycles. The highest BCUT2D eigenvalue weighted by Crippen LogP contribution is 2.40. The zero-order chi connectivity index (χ0) is 17.9. The van der Waals surface area contributed by atoms with E-state index in [1.807, 2.05) is 48.5 Å². The van der Waals surface area contributed by atoms with Crippen LogP contribution in [0.4, 0.5) is 0 Å². The molecule has 2 unspecified atom stereocenters. The first-order valence-corrected chi connectivity index (χ1v) is 10.1. The molecule has 0 heterocycles. The summed E-state index contributed by atoms with van der Waals surface area (Å²) in [6.45, 7) is 0. The predicted molar refractivity (Wildman–Crippen MR) is 108 cm³/mol. The van der Waals surface area contributed by atoms with Crippen molar-refractivity contribution in [3.63, 3.8) is 0 Å². The van der Waals surface area contributed by atoms with Crippen LogP contribution in [-0.2, 0) is 5.75 Å². The molecule has 1 N–H and O–H groups in total. The number of fused-ring (bicyclic) bond motifs is 1. The number of hydrogen-bond donors (Lipinski definition) is 1. The van der Waals surface area contributed by atoms with Crippen LogP contribution in [0.5, 0.6) is 0 Å². The normalized spacial score (nSPS) is 22.1. The molecule has 3 nitrogen and oxygen atoms in total. The number of hydrazone groups is 1. The van der Waals surface area contributed by atoms with E-state index >= 15 is 0 Å². The van der Waals surface area contributed by atoms with Crippen LogP contribution in [0.2, 0.25) is 5.02 Å². The summed E-state index contributed by atoms with van der Waals surface area (Å²) in [7, 11) is 0. The number of hydrogen-bond acceptors (Lipinski definition) is 3. The minimum atomic E-state index is -0.153. The van der Waals surface area contributed by atoms with Crippen molar-refractivity contribution in [2.75, 3.05) is 0 Å². The van der Waals surface area contributed by atoms with Gasteiger partial charge < -0.3 is 0 Å². The lowest BCUT2D eigenvalue weighted by Crippen LogP contribution is -2.35. The maximum absolute atomic E-state index is 12.2. The summed E-state index contributed by atoms with van der Waals surface area (Å²) in [6.07, 6.45) is 6.55. The van der Waals surface area contributed by atoms with Gasteiger partial charge in [-0.15, -0.1) is 11.8 Å². The Balaban J connectivity index is 1.30. The van der Waals surface area contributed by atoms with Gasteiger partial charge in [-0.1, -0.05) is 35.9 Å². The summed E-state index contributed by atoms with van der Waals surface area (Å²) in [5, 5.41) is 5.05. The van der Waals surface area contributed by atoms with Gasteiger partial charge in [0.05, 0.1) is 0 Å².